The predicted octanol–water partition coefficient (Wildman–Crippen LogP) is 6.33. The lowest BCUT2D eigenvalue weighted by molar-refractivity contribution is -0.187. The molecule has 1 unspecified atom stereocenters. The van der Waals surface area contributed by atoms with Gasteiger partial charge in [0, 0.05) is 12.5 Å². The van der Waals surface area contributed by atoms with Crippen LogP contribution in [0, 0.1) is 5.92 Å². The van der Waals surface area contributed by atoms with Gasteiger partial charge in [-0.1, -0.05) is 83.2 Å². The Hall–Kier alpha value is -1.39. The standard InChI is InChI=1S/C27H45NO3/c1-4-7-15-23-31-27(24-17-10-8-11-18-24,25-19-12-9-13-20-25)26(29)30-22-16-14-21-28(5-2)6-3/h8,10-11,17-18,25H,4-7,9,12-16,19-23H2,1-3H3. The summed E-state index contributed by atoms with van der Waals surface area (Å²) in [5, 5.41) is 0. The number of ether oxygens (including phenoxy) is 2. The van der Waals surface area contributed by atoms with E-state index in [1.807, 2.05) is 18.2 Å². The molecule has 0 N–H and O–H groups in total. The molecule has 1 aromatic rings. The van der Waals surface area contributed by atoms with E-state index in [0.717, 1.165) is 83.0 Å². The second kappa shape index (κ2) is 14.6. The third kappa shape index (κ3) is 7.61. The van der Waals surface area contributed by atoms with Crippen LogP contribution in [0.1, 0.15) is 90.5 Å². The fourth-order valence-corrected chi connectivity index (χ4v) is 4.81. The predicted molar refractivity (Wildman–Crippen MR) is 128 cm³/mol. The van der Waals surface area contributed by atoms with Crippen molar-refractivity contribution in [3.05, 3.63) is 35.9 Å². The molecule has 0 heterocycles. The van der Waals surface area contributed by atoms with Crippen LogP contribution in [0.4, 0.5) is 0 Å². The summed E-state index contributed by atoms with van der Waals surface area (Å²) in [7, 11) is 0. The Kier molecular flexibility index (Phi) is 12.2. The van der Waals surface area contributed by atoms with Crippen molar-refractivity contribution in [2.24, 2.45) is 5.92 Å². The Morgan fingerprint density at radius 3 is 2.26 bits per heavy atom. The molecule has 0 aromatic heterocycles. The summed E-state index contributed by atoms with van der Waals surface area (Å²) in [6.45, 7) is 10.9. The Morgan fingerprint density at radius 1 is 0.935 bits per heavy atom. The lowest BCUT2D eigenvalue weighted by Crippen LogP contribution is -2.48. The molecule has 1 atom stereocenters. The molecular weight excluding hydrogens is 386 g/mol. The average molecular weight is 432 g/mol. The van der Waals surface area contributed by atoms with Crippen LogP contribution in [0.3, 0.4) is 0 Å². The molecule has 1 aromatic carbocycles. The van der Waals surface area contributed by atoms with E-state index in [-0.39, 0.29) is 11.9 Å². The van der Waals surface area contributed by atoms with Crippen LogP contribution in [0.2, 0.25) is 0 Å². The zero-order chi connectivity index (χ0) is 22.4. The molecular formula is C27H45NO3. The fourth-order valence-electron chi connectivity index (χ4n) is 4.81. The van der Waals surface area contributed by atoms with Crippen molar-refractivity contribution in [2.45, 2.75) is 90.6 Å². The second-order valence-electron chi connectivity index (χ2n) is 8.86. The van der Waals surface area contributed by atoms with E-state index in [1.165, 1.54) is 6.42 Å². The van der Waals surface area contributed by atoms with Gasteiger partial charge in [0.1, 0.15) is 0 Å². The van der Waals surface area contributed by atoms with Gasteiger partial charge in [-0.25, -0.2) is 4.79 Å². The molecule has 4 heteroatoms. The second-order valence-corrected chi connectivity index (χ2v) is 8.86. The van der Waals surface area contributed by atoms with Crippen molar-refractivity contribution >= 4 is 5.97 Å². The highest BCUT2D eigenvalue weighted by Crippen LogP contribution is 2.43. The molecule has 0 spiro atoms. The third-order valence-corrected chi connectivity index (χ3v) is 6.76. The van der Waals surface area contributed by atoms with Crippen molar-refractivity contribution in [3.63, 3.8) is 0 Å². The van der Waals surface area contributed by atoms with E-state index in [2.05, 4.69) is 37.8 Å². The summed E-state index contributed by atoms with van der Waals surface area (Å²) in [6, 6.07) is 10.1. The maximum Gasteiger partial charge on any atom is 0.343 e. The summed E-state index contributed by atoms with van der Waals surface area (Å²) in [4.78, 5) is 16.1. The van der Waals surface area contributed by atoms with E-state index >= 15 is 0 Å². The van der Waals surface area contributed by atoms with Crippen molar-refractivity contribution < 1.29 is 14.3 Å². The van der Waals surface area contributed by atoms with Crippen LogP contribution in [0.5, 0.6) is 0 Å². The Morgan fingerprint density at radius 2 is 1.61 bits per heavy atom. The summed E-state index contributed by atoms with van der Waals surface area (Å²) >= 11 is 0. The lowest BCUT2D eigenvalue weighted by Gasteiger charge is -2.40. The van der Waals surface area contributed by atoms with Gasteiger partial charge in [0.25, 0.3) is 0 Å². The van der Waals surface area contributed by atoms with Gasteiger partial charge in [0.15, 0.2) is 5.60 Å². The van der Waals surface area contributed by atoms with Gasteiger partial charge in [0.2, 0.25) is 0 Å². The molecule has 0 saturated heterocycles. The molecule has 0 radical (unpaired) electrons. The van der Waals surface area contributed by atoms with E-state index in [9.17, 15) is 4.79 Å². The topological polar surface area (TPSA) is 38.8 Å². The van der Waals surface area contributed by atoms with E-state index < -0.39 is 5.60 Å². The zero-order valence-electron chi connectivity index (χ0n) is 20.2. The molecule has 4 nitrogen and oxygen atoms in total. The highest BCUT2D eigenvalue weighted by Gasteiger charge is 2.49. The molecule has 1 aliphatic carbocycles. The fraction of sp³-hybridized carbons (Fsp3) is 0.741. The number of benzene rings is 1. The first-order chi connectivity index (χ1) is 15.2. The van der Waals surface area contributed by atoms with Crippen LogP contribution < -0.4 is 0 Å². The number of carbonyl (C=O) groups is 1. The maximum atomic E-state index is 13.7. The minimum Gasteiger partial charge on any atom is -0.463 e. The van der Waals surface area contributed by atoms with E-state index in [4.69, 9.17) is 9.47 Å². The molecule has 0 amide bonds. The monoisotopic (exact) mass is 431 g/mol. The molecule has 1 saturated carbocycles. The van der Waals surface area contributed by atoms with Crippen LogP contribution in [-0.2, 0) is 19.9 Å². The number of hydrogen-bond acceptors (Lipinski definition) is 4. The van der Waals surface area contributed by atoms with Gasteiger partial charge in [-0.05, 0) is 57.3 Å². The van der Waals surface area contributed by atoms with Gasteiger partial charge in [-0.3, -0.25) is 0 Å². The highest BCUT2D eigenvalue weighted by atomic mass is 16.6. The normalized spacial score (nSPS) is 16.9. The quantitative estimate of drug-likeness (QED) is 0.240. The lowest BCUT2D eigenvalue weighted by atomic mass is 9.73. The third-order valence-electron chi connectivity index (χ3n) is 6.76. The van der Waals surface area contributed by atoms with Crippen LogP contribution in [-0.4, -0.2) is 43.7 Å². The number of unbranched alkanes of at least 4 members (excludes halogenated alkanes) is 3. The largest absolute Gasteiger partial charge is 0.463 e. The minimum absolute atomic E-state index is 0.176. The van der Waals surface area contributed by atoms with Gasteiger partial charge >= 0.3 is 5.97 Å². The molecule has 176 valence electrons. The van der Waals surface area contributed by atoms with Gasteiger partial charge in [0.05, 0.1) is 6.61 Å². The molecule has 1 aliphatic rings. The van der Waals surface area contributed by atoms with Crippen LogP contribution in [0.15, 0.2) is 30.3 Å². The SMILES string of the molecule is CCCCCOC(C(=O)OCCCCN(CC)CC)(c1ccccc1)C1CCCCC1. The Balaban J connectivity index is 2.13. The summed E-state index contributed by atoms with van der Waals surface area (Å²) in [5.74, 6) is 0.0124. The summed E-state index contributed by atoms with van der Waals surface area (Å²) in [6.07, 6.45) is 10.8. The number of esters is 1. The highest BCUT2D eigenvalue weighted by molar-refractivity contribution is 5.82. The molecule has 31 heavy (non-hydrogen) atoms. The number of carbonyl (C=O) groups excluding carboxylic acids is 1. The first-order valence-corrected chi connectivity index (χ1v) is 12.8. The van der Waals surface area contributed by atoms with Crippen molar-refractivity contribution in [1.82, 2.24) is 4.90 Å². The van der Waals surface area contributed by atoms with Gasteiger partial charge < -0.3 is 14.4 Å². The van der Waals surface area contributed by atoms with Crippen molar-refractivity contribution in [1.29, 1.82) is 0 Å². The van der Waals surface area contributed by atoms with Crippen LogP contribution in [0.25, 0.3) is 0 Å². The average Bonchev–Trinajstić information content (AvgIpc) is 2.82. The summed E-state index contributed by atoms with van der Waals surface area (Å²) in [5.41, 5.74) is 0.000394. The molecule has 2 rings (SSSR count). The molecule has 0 aliphatic heterocycles. The molecule has 0 bridgehead atoms. The van der Waals surface area contributed by atoms with Gasteiger partial charge in [-0.2, -0.15) is 0 Å². The van der Waals surface area contributed by atoms with E-state index in [1.54, 1.807) is 0 Å². The summed E-state index contributed by atoms with van der Waals surface area (Å²) < 4.78 is 12.5. The maximum absolute atomic E-state index is 13.7. The van der Waals surface area contributed by atoms with Gasteiger partial charge in [-0.15, -0.1) is 0 Å². The Bertz CT molecular complexity index is 596. The number of hydrogen-bond donors (Lipinski definition) is 0. The smallest absolute Gasteiger partial charge is 0.343 e. The zero-order valence-corrected chi connectivity index (χ0v) is 20.2. The number of nitrogens with zero attached hydrogens (tertiary/aromatic N) is 1. The van der Waals surface area contributed by atoms with E-state index in [0.29, 0.717) is 13.2 Å². The first-order valence-electron chi connectivity index (χ1n) is 12.8. The Labute approximate surface area is 190 Å². The minimum atomic E-state index is -0.964. The number of rotatable bonds is 15. The van der Waals surface area contributed by atoms with Crippen molar-refractivity contribution in [2.75, 3.05) is 32.8 Å². The van der Waals surface area contributed by atoms with Crippen LogP contribution >= 0.6 is 0 Å². The first kappa shape index (κ1) is 25.9. The van der Waals surface area contributed by atoms with Crippen molar-refractivity contribution in [3.8, 4) is 0 Å². The molecule has 1 fully saturated rings.